The Hall–Kier alpha value is -1.75. The number of esters is 1. The molecule has 0 atom stereocenters. The van der Waals surface area contributed by atoms with E-state index in [1.165, 1.54) is 7.11 Å². The number of hydrogen-bond acceptors (Lipinski definition) is 5. The van der Waals surface area contributed by atoms with Crippen LogP contribution in [-0.4, -0.2) is 39.4 Å². The van der Waals surface area contributed by atoms with E-state index in [9.17, 15) is 4.79 Å². The second-order valence-corrected chi connectivity index (χ2v) is 3.86. The third-order valence-corrected chi connectivity index (χ3v) is 2.82. The molecule has 1 saturated heterocycles. The number of methoxy groups -OCH3 is 1. The highest BCUT2D eigenvalue weighted by molar-refractivity contribution is 5.96. The molecule has 1 heterocycles. The highest BCUT2D eigenvalue weighted by Gasteiger charge is 2.15. The molecule has 0 unspecified atom stereocenters. The van der Waals surface area contributed by atoms with Gasteiger partial charge in [-0.1, -0.05) is 0 Å². The summed E-state index contributed by atoms with van der Waals surface area (Å²) in [7, 11) is 1.35. The van der Waals surface area contributed by atoms with Gasteiger partial charge in [0.1, 0.15) is 0 Å². The van der Waals surface area contributed by atoms with Crippen LogP contribution in [0, 0.1) is 0 Å². The molecule has 2 N–H and O–H groups in total. The van der Waals surface area contributed by atoms with Crippen LogP contribution in [0.25, 0.3) is 0 Å². The number of rotatable bonds is 2. The molecule has 1 aliphatic heterocycles. The van der Waals surface area contributed by atoms with Crippen molar-refractivity contribution >= 4 is 17.3 Å². The van der Waals surface area contributed by atoms with Gasteiger partial charge in [-0.15, -0.1) is 0 Å². The number of hydrogen-bond donors (Lipinski definition) is 1. The Morgan fingerprint density at radius 3 is 2.76 bits per heavy atom. The molecule has 5 nitrogen and oxygen atoms in total. The van der Waals surface area contributed by atoms with Crippen LogP contribution >= 0.6 is 0 Å². The van der Waals surface area contributed by atoms with E-state index in [1.807, 2.05) is 6.07 Å². The highest BCUT2D eigenvalue weighted by Crippen LogP contribution is 2.22. The van der Waals surface area contributed by atoms with Crippen LogP contribution < -0.4 is 10.6 Å². The summed E-state index contributed by atoms with van der Waals surface area (Å²) in [5.41, 5.74) is 7.58. The molecule has 0 radical (unpaired) electrons. The number of nitrogens with zero attached hydrogens (tertiary/aromatic N) is 1. The second kappa shape index (κ2) is 5.05. The summed E-state index contributed by atoms with van der Waals surface area (Å²) in [6.45, 7) is 3.06. The van der Waals surface area contributed by atoms with E-state index in [0.717, 1.165) is 18.8 Å². The van der Waals surface area contributed by atoms with Crippen molar-refractivity contribution in [3.05, 3.63) is 23.8 Å². The molecule has 1 aromatic carbocycles. The fourth-order valence-corrected chi connectivity index (χ4v) is 1.85. The Bertz CT molecular complexity index is 414. The zero-order valence-corrected chi connectivity index (χ0v) is 9.81. The van der Waals surface area contributed by atoms with Gasteiger partial charge in [0.2, 0.25) is 0 Å². The summed E-state index contributed by atoms with van der Waals surface area (Å²) >= 11 is 0. The van der Waals surface area contributed by atoms with Gasteiger partial charge in [-0.3, -0.25) is 0 Å². The first-order chi connectivity index (χ1) is 8.22. The Morgan fingerprint density at radius 1 is 1.41 bits per heavy atom. The molecule has 17 heavy (non-hydrogen) atoms. The summed E-state index contributed by atoms with van der Waals surface area (Å²) in [5.74, 6) is -0.405. The summed E-state index contributed by atoms with van der Waals surface area (Å²) in [5, 5.41) is 0. The van der Waals surface area contributed by atoms with E-state index in [-0.39, 0.29) is 0 Å². The first kappa shape index (κ1) is 11.7. The number of nitrogens with two attached hydrogens (primary N) is 1. The van der Waals surface area contributed by atoms with Crippen molar-refractivity contribution in [2.45, 2.75) is 0 Å². The lowest BCUT2D eigenvalue weighted by Gasteiger charge is -2.29. The Balaban J connectivity index is 2.26. The lowest BCUT2D eigenvalue weighted by Crippen LogP contribution is -2.36. The van der Waals surface area contributed by atoms with Gasteiger partial charge in [-0.2, -0.15) is 0 Å². The first-order valence-electron chi connectivity index (χ1n) is 5.53. The van der Waals surface area contributed by atoms with Crippen LogP contribution in [0.1, 0.15) is 10.4 Å². The minimum Gasteiger partial charge on any atom is -0.465 e. The molecule has 1 fully saturated rings. The maximum absolute atomic E-state index is 11.5. The Morgan fingerprint density at radius 2 is 2.12 bits per heavy atom. The minimum absolute atomic E-state index is 0.405. The third-order valence-electron chi connectivity index (χ3n) is 2.82. The molecular weight excluding hydrogens is 220 g/mol. The quantitative estimate of drug-likeness (QED) is 0.610. The van der Waals surface area contributed by atoms with Crippen molar-refractivity contribution in [3.8, 4) is 0 Å². The molecular formula is C12H16N2O3. The normalized spacial score (nSPS) is 15.7. The van der Waals surface area contributed by atoms with E-state index >= 15 is 0 Å². The first-order valence-corrected chi connectivity index (χ1v) is 5.53. The molecule has 0 aromatic heterocycles. The van der Waals surface area contributed by atoms with Gasteiger partial charge in [0.25, 0.3) is 0 Å². The van der Waals surface area contributed by atoms with Gasteiger partial charge >= 0.3 is 5.97 Å². The second-order valence-electron chi connectivity index (χ2n) is 3.86. The Kier molecular flexibility index (Phi) is 3.49. The number of anilines is 2. The van der Waals surface area contributed by atoms with E-state index in [0.29, 0.717) is 24.5 Å². The standard InChI is InChI=1S/C12H16N2O3/c1-16-12(15)10-8-9(2-3-11(10)13)14-4-6-17-7-5-14/h2-3,8H,4-7,13H2,1H3. The molecule has 5 heteroatoms. The van der Waals surface area contributed by atoms with Crippen molar-refractivity contribution in [2.24, 2.45) is 0 Å². The number of benzene rings is 1. The largest absolute Gasteiger partial charge is 0.465 e. The van der Waals surface area contributed by atoms with E-state index < -0.39 is 5.97 Å². The molecule has 1 aliphatic rings. The minimum atomic E-state index is -0.405. The number of nitrogen functional groups attached to an aromatic ring is 1. The monoisotopic (exact) mass is 236 g/mol. The average Bonchev–Trinajstić information content (AvgIpc) is 2.39. The van der Waals surface area contributed by atoms with Gasteiger partial charge in [-0.25, -0.2) is 4.79 Å². The van der Waals surface area contributed by atoms with E-state index in [4.69, 9.17) is 15.2 Å². The number of carbonyl (C=O) groups excluding carboxylic acids is 1. The molecule has 0 aliphatic carbocycles. The third kappa shape index (κ3) is 2.50. The summed E-state index contributed by atoms with van der Waals surface area (Å²) in [4.78, 5) is 13.7. The predicted molar refractivity (Wildman–Crippen MR) is 65.2 cm³/mol. The van der Waals surface area contributed by atoms with E-state index in [1.54, 1.807) is 12.1 Å². The molecule has 0 spiro atoms. The summed E-state index contributed by atoms with van der Waals surface area (Å²) in [6.07, 6.45) is 0. The van der Waals surface area contributed by atoms with E-state index in [2.05, 4.69) is 4.90 Å². The maximum Gasteiger partial charge on any atom is 0.340 e. The van der Waals surface area contributed by atoms with Gasteiger partial charge in [0.15, 0.2) is 0 Å². The molecule has 0 bridgehead atoms. The molecule has 2 rings (SSSR count). The van der Waals surface area contributed by atoms with Crippen LogP contribution in [-0.2, 0) is 9.47 Å². The smallest absolute Gasteiger partial charge is 0.340 e. The topological polar surface area (TPSA) is 64.8 Å². The molecule has 1 aromatic rings. The molecule has 0 amide bonds. The van der Waals surface area contributed by atoms with Crippen LogP contribution in [0.15, 0.2) is 18.2 Å². The van der Waals surface area contributed by atoms with Gasteiger partial charge in [0, 0.05) is 24.5 Å². The van der Waals surface area contributed by atoms with Crippen LogP contribution in [0.3, 0.4) is 0 Å². The lowest BCUT2D eigenvalue weighted by molar-refractivity contribution is 0.0602. The summed E-state index contributed by atoms with van der Waals surface area (Å²) < 4.78 is 9.98. The highest BCUT2D eigenvalue weighted by atomic mass is 16.5. The lowest BCUT2D eigenvalue weighted by atomic mass is 10.1. The average molecular weight is 236 g/mol. The zero-order valence-electron chi connectivity index (χ0n) is 9.81. The van der Waals surface area contributed by atoms with Gasteiger partial charge in [0.05, 0.1) is 25.9 Å². The van der Waals surface area contributed by atoms with Crippen molar-refractivity contribution in [3.63, 3.8) is 0 Å². The van der Waals surface area contributed by atoms with Gasteiger partial charge in [-0.05, 0) is 18.2 Å². The SMILES string of the molecule is COC(=O)c1cc(N2CCOCC2)ccc1N. The number of ether oxygens (including phenoxy) is 2. The maximum atomic E-state index is 11.5. The van der Waals surface area contributed by atoms with Crippen LogP contribution in [0.5, 0.6) is 0 Å². The number of morpholine rings is 1. The predicted octanol–water partition coefficient (Wildman–Crippen LogP) is 0.892. The van der Waals surface area contributed by atoms with Crippen molar-refractivity contribution < 1.29 is 14.3 Å². The van der Waals surface area contributed by atoms with Crippen LogP contribution in [0.4, 0.5) is 11.4 Å². The fourth-order valence-electron chi connectivity index (χ4n) is 1.85. The zero-order chi connectivity index (χ0) is 12.3. The molecule has 92 valence electrons. The number of carbonyl (C=O) groups is 1. The van der Waals surface area contributed by atoms with Crippen molar-refractivity contribution in [2.75, 3.05) is 44.0 Å². The Labute approximate surface area is 100 Å². The van der Waals surface area contributed by atoms with Crippen molar-refractivity contribution in [1.82, 2.24) is 0 Å². The molecule has 0 saturated carbocycles. The summed E-state index contributed by atoms with van der Waals surface area (Å²) in [6, 6.07) is 5.41. The fraction of sp³-hybridized carbons (Fsp3) is 0.417. The van der Waals surface area contributed by atoms with Crippen LogP contribution in [0.2, 0.25) is 0 Å². The van der Waals surface area contributed by atoms with Gasteiger partial charge < -0.3 is 20.1 Å². The van der Waals surface area contributed by atoms with Crippen molar-refractivity contribution in [1.29, 1.82) is 0 Å².